The summed E-state index contributed by atoms with van der Waals surface area (Å²) in [6, 6.07) is 0.389. The predicted molar refractivity (Wildman–Crippen MR) is 85.9 cm³/mol. The fourth-order valence-electron chi connectivity index (χ4n) is 2.76. The SMILES string of the molecule is COCCN(C(=O)CC(CN)CC(C)C)C1CCSC1. The van der Waals surface area contributed by atoms with Crippen molar-refractivity contribution in [3.8, 4) is 0 Å². The van der Waals surface area contributed by atoms with Gasteiger partial charge in [0.2, 0.25) is 5.91 Å². The van der Waals surface area contributed by atoms with Crippen molar-refractivity contribution in [3.05, 3.63) is 0 Å². The van der Waals surface area contributed by atoms with Gasteiger partial charge in [-0.25, -0.2) is 0 Å². The van der Waals surface area contributed by atoms with Gasteiger partial charge in [0.05, 0.1) is 6.61 Å². The monoisotopic (exact) mass is 302 g/mol. The number of rotatable bonds is 9. The number of carbonyl (C=O) groups excluding carboxylic acids is 1. The summed E-state index contributed by atoms with van der Waals surface area (Å²) in [5, 5.41) is 0. The normalized spacial score (nSPS) is 20.4. The second-order valence-corrected chi connectivity index (χ2v) is 7.18. The lowest BCUT2D eigenvalue weighted by molar-refractivity contribution is -0.134. The van der Waals surface area contributed by atoms with Crippen LogP contribution in [0.2, 0.25) is 0 Å². The third-order valence-corrected chi connectivity index (χ3v) is 4.95. The van der Waals surface area contributed by atoms with E-state index in [0.717, 1.165) is 24.3 Å². The Balaban J connectivity index is 2.56. The molecule has 0 bridgehead atoms. The van der Waals surface area contributed by atoms with Crippen LogP contribution in [0.15, 0.2) is 0 Å². The van der Waals surface area contributed by atoms with Crippen molar-refractivity contribution in [1.82, 2.24) is 4.90 Å². The summed E-state index contributed by atoms with van der Waals surface area (Å²) in [5.74, 6) is 3.37. The lowest BCUT2D eigenvalue weighted by Crippen LogP contribution is -2.43. The third-order valence-electron chi connectivity index (χ3n) is 3.80. The number of nitrogens with zero attached hydrogens (tertiary/aromatic N) is 1. The lowest BCUT2D eigenvalue weighted by Gasteiger charge is -2.30. The topological polar surface area (TPSA) is 55.6 Å². The summed E-state index contributed by atoms with van der Waals surface area (Å²) in [5.41, 5.74) is 5.82. The van der Waals surface area contributed by atoms with E-state index in [1.807, 2.05) is 16.7 Å². The molecule has 0 saturated carbocycles. The number of carbonyl (C=O) groups is 1. The van der Waals surface area contributed by atoms with E-state index in [1.165, 1.54) is 0 Å². The Kier molecular flexibility index (Phi) is 8.57. The summed E-state index contributed by atoms with van der Waals surface area (Å²) in [6.45, 7) is 6.29. The molecule has 0 aromatic heterocycles. The molecule has 1 aliphatic heterocycles. The fourth-order valence-corrected chi connectivity index (χ4v) is 3.99. The minimum atomic E-state index is 0.255. The second kappa shape index (κ2) is 9.64. The Labute approximate surface area is 127 Å². The molecule has 2 N–H and O–H groups in total. The molecule has 1 rings (SSSR count). The van der Waals surface area contributed by atoms with Crippen molar-refractivity contribution in [2.45, 2.75) is 39.2 Å². The van der Waals surface area contributed by atoms with E-state index < -0.39 is 0 Å². The maximum atomic E-state index is 12.6. The number of hydrogen-bond acceptors (Lipinski definition) is 4. The highest BCUT2D eigenvalue weighted by molar-refractivity contribution is 7.99. The van der Waals surface area contributed by atoms with E-state index in [1.54, 1.807) is 7.11 Å². The molecule has 1 fully saturated rings. The van der Waals surface area contributed by atoms with E-state index in [9.17, 15) is 4.79 Å². The fraction of sp³-hybridized carbons (Fsp3) is 0.933. The molecule has 20 heavy (non-hydrogen) atoms. The molecule has 1 saturated heterocycles. The first kappa shape index (κ1) is 17.8. The molecule has 2 unspecified atom stereocenters. The zero-order valence-electron chi connectivity index (χ0n) is 13.1. The molecule has 0 radical (unpaired) electrons. The number of thioether (sulfide) groups is 1. The average Bonchev–Trinajstić information content (AvgIpc) is 2.91. The van der Waals surface area contributed by atoms with Gasteiger partial charge >= 0.3 is 0 Å². The number of methoxy groups -OCH3 is 1. The van der Waals surface area contributed by atoms with Crippen molar-refractivity contribution in [2.75, 3.05) is 38.3 Å². The van der Waals surface area contributed by atoms with Gasteiger partial charge in [-0.1, -0.05) is 13.8 Å². The second-order valence-electron chi connectivity index (χ2n) is 6.03. The first-order valence-electron chi connectivity index (χ1n) is 7.64. The van der Waals surface area contributed by atoms with Gasteiger partial charge in [-0.3, -0.25) is 4.79 Å². The number of nitrogens with two attached hydrogens (primary N) is 1. The van der Waals surface area contributed by atoms with Crippen LogP contribution in [0.4, 0.5) is 0 Å². The Morgan fingerprint density at radius 1 is 1.50 bits per heavy atom. The molecule has 0 spiro atoms. The van der Waals surface area contributed by atoms with E-state index >= 15 is 0 Å². The standard InChI is InChI=1S/C15H30N2O2S/c1-12(2)8-13(10-16)9-15(18)17(5-6-19-3)14-4-7-20-11-14/h12-14H,4-11,16H2,1-3H3. The van der Waals surface area contributed by atoms with Gasteiger partial charge < -0.3 is 15.4 Å². The minimum absolute atomic E-state index is 0.255. The summed E-state index contributed by atoms with van der Waals surface area (Å²) in [6.07, 6.45) is 2.72. The zero-order chi connectivity index (χ0) is 15.0. The largest absolute Gasteiger partial charge is 0.383 e. The summed E-state index contributed by atoms with van der Waals surface area (Å²) >= 11 is 1.94. The van der Waals surface area contributed by atoms with Gasteiger partial charge in [-0.05, 0) is 37.0 Å². The highest BCUT2D eigenvalue weighted by Gasteiger charge is 2.28. The lowest BCUT2D eigenvalue weighted by atomic mass is 9.93. The van der Waals surface area contributed by atoms with Crippen LogP contribution in [0.1, 0.15) is 33.1 Å². The minimum Gasteiger partial charge on any atom is -0.383 e. The van der Waals surface area contributed by atoms with Crippen molar-refractivity contribution in [2.24, 2.45) is 17.6 Å². The van der Waals surface area contributed by atoms with Crippen LogP contribution in [0.5, 0.6) is 0 Å². The van der Waals surface area contributed by atoms with Crippen LogP contribution in [-0.4, -0.2) is 55.2 Å². The molecule has 4 nitrogen and oxygen atoms in total. The number of amides is 1. The van der Waals surface area contributed by atoms with Gasteiger partial charge in [0.1, 0.15) is 0 Å². The molecule has 0 aromatic rings. The van der Waals surface area contributed by atoms with Crippen molar-refractivity contribution < 1.29 is 9.53 Å². The van der Waals surface area contributed by atoms with E-state index in [4.69, 9.17) is 10.5 Å². The molecular weight excluding hydrogens is 272 g/mol. The Bertz CT molecular complexity index is 281. The highest BCUT2D eigenvalue weighted by atomic mass is 32.2. The first-order valence-corrected chi connectivity index (χ1v) is 8.80. The van der Waals surface area contributed by atoms with Crippen LogP contribution in [0.3, 0.4) is 0 Å². The number of hydrogen-bond donors (Lipinski definition) is 1. The summed E-state index contributed by atoms with van der Waals surface area (Å²) in [7, 11) is 1.69. The maximum Gasteiger partial charge on any atom is 0.223 e. The predicted octanol–water partition coefficient (Wildman–Crippen LogP) is 1.98. The molecule has 0 aliphatic carbocycles. The molecule has 1 amide bonds. The van der Waals surface area contributed by atoms with Crippen LogP contribution in [0.25, 0.3) is 0 Å². The van der Waals surface area contributed by atoms with Crippen LogP contribution in [-0.2, 0) is 9.53 Å². The van der Waals surface area contributed by atoms with Gasteiger partial charge in [-0.2, -0.15) is 11.8 Å². The van der Waals surface area contributed by atoms with Gasteiger partial charge in [0.15, 0.2) is 0 Å². The van der Waals surface area contributed by atoms with Crippen LogP contribution >= 0.6 is 11.8 Å². The quantitative estimate of drug-likeness (QED) is 0.707. The zero-order valence-corrected chi connectivity index (χ0v) is 14.0. The Hall–Kier alpha value is -0.260. The van der Waals surface area contributed by atoms with Gasteiger partial charge in [-0.15, -0.1) is 0 Å². The number of ether oxygens (including phenoxy) is 1. The molecular formula is C15H30N2O2S. The molecule has 5 heteroatoms. The van der Waals surface area contributed by atoms with Crippen molar-refractivity contribution >= 4 is 17.7 Å². The Morgan fingerprint density at radius 3 is 2.75 bits per heavy atom. The molecule has 2 atom stereocenters. The average molecular weight is 302 g/mol. The highest BCUT2D eigenvalue weighted by Crippen LogP contribution is 2.24. The molecule has 118 valence electrons. The smallest absolute Gasteiger partial charge is 0.223 e. The van der Waals surface area contributed by atoms with Crippen molar-refractivity contribution in [3.63, 3.8) is 0 Å². The Morgan fingerprint density at radius 2 is 2.25 bits per heavy atom. The van der Waals surface area contributed by atoms with Gasteiger partial charge in [0.25, 0.3) is 0 Å². The molecule has 1 heterocycles. The van der Waals surface area contributed by atoms with Crippen LogP contribution in [0, 0.1) is 11.8 Å². The van der Waals surface area contributed by atoms with Crippen molar-refractivity contribution in [1.29, 1.82) is 0 Å². The van der Waals surface area contributed by atoms with Gasteiger partial charge in [0, 0.05) is 31.9 Å². The first-order chi connectivity index (χ1) is 9.58. The maximum absolute atomic E-state index is 12.6. The molecule has 0 aromatic carbocycles. The van der Waals surface area contributed by atoms with E-state index in [-0.39, 0.29) is 5.91 Å². The van der Waals surface area contributed by atoms with E-state index in [0.29, 0.717) is 44.0 Å². The van der Waals surface area contributed by atoms with Crippen LogP contribution < -0.4 is 5.73 Å². The summed E-state index contributed by atoms with van der Waals surface area (Å²) < 4.78 is 5.15. The molecule has 1 aliphatic rings. The third kappa shape index (κ3) is 6.02. The summed E-state index contributed by atoms with van der Waals surface area (Å²) in [4.78, 5) is 14.6. The van der Waals surface area contributed by atoms with E-state index in [2.05, 4.69) is 13.8 Å².